The molecule has 7 nitrogen and oxygen atoms in total. The lowest BCUT2D eigenvalue weighted by Crippen LogP contribution is -2.43. The number of pyridine rings is 1. The molecule has 0 spiro atoms. The molecule has 3 aromatic rings. The Kier molecular flexibility index (Phi) is 6.70. The normalized spacial score (nSPS) is 14.6. The minimum atomic E-state index is -0.319. The van der Waals surface area contributed by atoms with E-state index >= 15 is 0 Å². The minimum Gasteiger partial charge on any atom is -0.495 e. The van der Waals surface area contributed by atoms with Gasteiger partial charge in [0, 0.05) is 29.4 Å². The largest absolute Gasteiger partial charge is 0.495 e. The minimum absolute atomic E-state index is 0.111. The van der Waals surface area contributed by atoms with Crippen LogP contribution in [0.5, 0.6) is 5.75 Å². The van der Waals surface area contributed by atoms with Crippen molar-refractivity contribution in [2.24, 2.45) is 0 Å². The van der Waals surface area contributed by atoms with E-state index in [0.717, 1.165) is 47.8 Å². The highest BCUT2D eigenvalue weighted by molar-refractivity contribution is 6.08. The van der Waals surface area contributed by atoms with Crippen LogP contribution in [0.25, 0.3) is 21.9 Å². The molecule has 7 heteroatoms. The van der Waals surface area contributed by atoms with Crippen LogP contribution in [-0.4, -0.2) is 55.0 Å². The van der Waals surface area contributed by atoms with Gasteiger partial charge >= 0.3 is 0 Å². The smallest absolute Gasteiger partial charge is 0.253 e. The Bertz CT molecular complexity index is 1200. The molecule has 0 atom stereocenters. The fourth-order valence-corrected chi connectivity index (χ4v) is 4.10. The third-order valence-corrected chi connectivity index (χ3v) is 6.02. The van der Waals surface area contributed by atoms with Gasteiger partial charge in [-0.05, 0) is 68.2 Å². The molecule has 1 aliphatic rings. The van der Waals surface area contributed by atoms with Gasteiger partial charge in [0.1, 0.15) is 5.75 Å². The number of hydrogen-bond acceptors (Lipinski definition) is 5. The predicted octanol–water partition coefficient (Wildman–Crippen LogP) is 3.86. The molecule has 0 bridgehead atoms. The molecule has 1 saturated heterocycles. The molecule has 4 rings (SSSR count). The number of ether oxygens (including phenoxy) is 1. The molecule has 2 aromatic carbocycles. The van der Waals surface area contributed by atoms with Crippen molar-refractivity contribution in [2.45, 2.75) is 18.9 Å². The molecule has 1 fully saturated rings. The first kappa shape index (κ1) is 22.5. The van der Waals surface area contributed by atoms with E-state index in [-0.39, 0.29) is 17.9 Å². The van der Waals surface area contributed by atoms with E-state index in [4.69, 9.17) is 4.74 Å². The van der Waals surface area contributed by atoms with Crippen molar-refractivity contribution < 1.29 is 14.3 Å². The Labute approximate surface area is 193 Å². The highest BCUT2D eigenvalue weighted by Crippen LogP contribution is 2.36. The maximum Gasteiger partial charge on any atom is 0.253 e. The maximum atomic E-state index is 12.8. The molecule has 0 unspecified atom stereocenters. The molecule has 0 radical (unpaired) electrons. The molecule has 1 aromatic heterocycles. The van der Waals surface area contributed by atoms with Crippen LogP contribution in [0.15, 0.2) is 61.4 Å². The fraction of sp³-hybridized carbons (Fsp3) is 0.269. The summed E-state index contributed by atoms with van der Waals surface area (Å²) in [5.41, 5.74) is 2.80. The van der Waals surface area contributed by atoms with Gasteiger partial charge in [-0.3, -0.25) is 14.6 Å². The first-order valence-electron chi connectivity index (χ1n) is 11.0. The quantitative estimate of drug-likeness (QED) is 0.564. The van der Waals surface area contributed by atoms with E-state index < -0.39 is 0 Å². The number of anilines is 1. The second-order valence-corrected chi connectivity index (χ2v) is 8.29. The number of amides is 2. The van der Waals surface area contributed by atoms with Crippen LogP contribution in [0.2, 0.25) is 0 Å². The fourth-order valence-electron chi connectivity index (χ4n) is 4.10. The molecular weight excluding hydrogens is 416 g/mol. The lowest BCUT2D eigenvalue weighted by atomic mass is 9.99. The van der Waals surface area contributed by atoms with Gasteiger partial charge in [0.15, 0.2) is 0 Å². The van der Waals surface area contributed by atoms with Gasteiger partial charge in [0.05, 0.1) is 18.4 Å². The molecule has 1 aliphatic heterocycles. The molecule has 170 valence electrons. The number of nitrogens with one attached hydrogen (secondary N) is 2. The number of methoxy groups -OCH3 is 1. The topological polar surface area (TPSA) is 83.6 Å². The van der Waals surface area contributed by atoms with Crippen molar-refractivity contribution in [1.29, 1.82) is 0 Å². The molecule has 0 aliphatic carbocycles. The lowest BCUT2D eigenvalue weighted by molar-refractivity contribution is -0.111. The van der Waals surface area contributed by atoms with Crippen molar-refractivity contribution >= 4 is 28.3 Å². The van der Waals surface area contributed by atoms with Crippen molar-refractivity contribution in [3.63, 3.8) is 0 Å². The number of carbonyl (C=O) groups excluding carboxylic acids is 2. The monoisotopic (exact) mass is 444 g/mol. The standard InChI is InChI=1S/C26H28N4O3/c1-4-24(31)29-25-22-14-18(6-5-17(22)7-8-23(25)33-3)19-13-20(16-27-15-19)26(32)28-21-9-11-30(2)12-10-21/h4-8,13-16,21H,1,9-12H2,2-3H3,(H,28,32)(H,29,31). The van der Waals surface area contributed by atoms with E-state index in [2.05, 4.69) is 34.1 Å². The Balaban J connectivity index is 1.64. The van der Waals surface area contributed by atoms with Crippen LogP contribution in [0, 0.1) is 0 Å². The summed E-state index contributed by atoms with van der Waals surface area (Å²) in [7, 11) is 3.66. The molecule has 33 heavy (non-hydrogen) atoms. The van der Waals surface area contributed by atoms with Crippen LogP contribution < -0.4 is 15.4 Å². The van der Waals surface area contributed by atoms with Crippen molar-refractivity contribution in [3.8, 4) is 16.9 Å². The van der Waals surface area contributed by atoms with Crippen LogP contribution >= 0.6 is 0 Å². The van der Waals surface area contributed by atoms with Gasteiger partial charge in [-0.2, -0.15) is 0 Å². The number of hydrogen-bond donors (Lipinski definition) is 2. The maximum absolute atomic E-state index is 12.8. The number of benzene rings is 2. The Morgan fingerprint density at radius 1 is 1.12 bits per heavy atom. The number of piperidine rings is 1. The van der Waals surface area contributed by atoms with Crippen molar-refractivity contribution in [2.75, 3.05) is 32.6 Å². The Hall–Kier alpha value is -3.71. The van der Waals surface area contributed by atoms with Crippen molar-refractivity contribution in [3.05, 3.63) is 67.0 Å². The summed E-state index contributed by atoms with van der Waals surface area (Å²) in [6.07, 6.45) is 6.43. The molecule has 2 heterocycles. The Morgan fingerprint density at radius 3 is 2.61 bits per heavy atom. The lowest BCUT2D eigenvalue weighted by Gasteiger charge is -2.29. The first-order chi connectivity index (χ1) is 16.0. The number of aromatic nitrogens is 1. The van der Waals surface area contributed by atoms with Crippen LogP contribution in [-0.2, 0) is 4.79 Å². The zero-order valence-corrected chi connectivity index (χ0v) is 18.9. The average Bonchev–Trinajstić information content (AvgIpc) is 2.85. The summed E-state index contributed by atoms with van der Waals surface area (Å²) in [5.74, 6) is 0.125. The zero-order valence-electron chi connectivity index (χ0n) is 18.9. The summed E-state index contributed by atoms with van der Waals surface area (Å²) >= 11 is 0. The van der Waals surface area contributed by atoms with E-state index in [1.54, 1.807) is 19.5 Å². The number of fused-ring (bicyclic) bond motifs is 1. The highest BCUT2D eigenvalue weighted by Gasteiger charge is 2.19. The summed E-state index contributed by atoms with van der Waals surface area (Å²) in [6.45, 7) is 5.49. The first-order valence-corrected chi connectivity index (χ1v) is 11.0. The van der Waals surface area contributed by atoms with Gasteiger partial charge < -0.3 is 20.3 Å². The summed E-state index contributed by atoms with van der Waals surface area (Å²) in [5, 5.41) is 7.75. The molecule has 0 saturated carbocycles. The van der Waals surface area contributed by atoms with Gasteiger partial charge in [-0.25, -0.2) is 0 Å². The predicted molar refractivity (Wildman–Crippen MR) is 131 cm³/mol. The van der Waals surface area contributed by atoms with Crippen LogP contribution in [0.3, 0.4) is 0 Å². The third-order valence-electron chi connectivity index (χ3n) is 6.02. The van der Waals surface area contributed by atoms with Gasteiger partial charge in [0.25, 0.3) is 5.91 Å². The van der Waals surface area contributed by atoms with Crippen LogP contribution in [0.4, 0.5) is 5.69 Å². The average molecular weight is 445 g/mol. The zero-order chi connectivity index (χ0) is 23.4. The van der Waals surface area contributed by atoms with E-state index in [9.17, 15) is 9.59 Å². The van der Waals surface area contributed by atoms with Crippen molar-refractivity contribution in [1.82, 2.24) is 15.2 Å². The van der Waals surface area contributed by atoms with Gasteiger partial charge in [0.2, 0.25) is 5.91 Å². The highest BCUT2D eigenvalue weighted by atomic mass is 16.5. The number of likely N-dealkylation sites (tertiary alicyclic amines) is 1. The molecule has 2 amide bonds. The number of rotatable bonds is 6. The van der Waals surface area contributed by atoms with E-state index in [0.29, 0.717) is 17.0 Å². The molecule has 2 N–H and O–H groups in total. The van der Waals surface area contributed by atoms with Gasteiger partial charge in [-0.1, -0.05) is 24.8 Å². The Morgan fingerprint density at radius 2 is 1.88 bits per heavy atom. The van der Waals surface area contributed by atoms with Crippen LogP contribution in [0.1, 0.15) is 23.2 Å². The summed E-state index contributed by atoms with van der Waals surface area (Å²) in [4.78, 5) is 31.4. The van der Waals surface area contributed by atoms with Gasteiger partial charge in [-0.15, -0.1) is 0 Å². The summed E-state index contributed by atoms with van der Waals surface area (Å²) < 4.78 is 5.46. The second-order valence-electron chi connectivity index (χ2n) is 8.29. The SMILES string of the molecule is C=CC(=O)Nc1c(OC)ccc2ccc(-c3cncc(C(=O)NC4CCN(C)CC4)c3)cc12. The molecular formula is C26H28N4O3. The number of nitrogens with zero attached hydrogens (tertiary/aromatic N) is 2. The number of carbonyl (C=O) groups is 2. The second kappa shape index (κ2) is 9.83. The third kappa shape index (κ3) is 5.04. The van der Waals surface area contributed by atoms with E-state index in [1.807, 2.05) is 36.4 Å². The summed E-state index contributed by atoms with van der Waals surface area (Å²) in [6, 6.07) is 11.7. The van der Waals surface area contributed by atoms with E-state index in [1.165, 1.54) is 6.08 Å².